The molecule has 0 aliphatic carbocycles. The van der Waals surface area contributed by atoms with E-state index in [1.54, 1.807) is 0 Å². The number of fused-ring (bicyclic) bond motifs is 1. The van der Waals surface area contributed by atoms with Crippen molar-refractivity contribution >= 4 is 15.8 Å². The van der Waals surface area contributed by atoms with Gasteiger partial charge in [0.2, 0.25) is 10.0 Å². The first-order valence-electron chi connectivity index (χ1n) is 8.01. The summed E-state index contributed by atoms with van der Waals surface area (Å²) < 4.78 is 29.7. The fraction of sp³-hybridized carbons (Fsp3) is 0.412. The highest BCUT2D eigenvalue weighted by Crippen LogP contribution is 2.26. The molecule has 2 heterocycles. The molecule has 0 spiro atoms. The number of hydrogen-bond acceptors (Lipinski definition) is 4. The molecule has 0 amide bonds. The molecule has 24 heavy (non-hydrogen) atoms. The number of aromatic nitrogens is 2. The maximum absolute atomic E-state index is 12.4. The van der Waals surface area contributed by atoms with Crippen LogP contribution < -0.4 is 4.72 Å². The van der Waals surface area contributed by atoms with Crippen LogP contribution in [-0.2, 0) is 16.6 Å². The number of rotatable bonds is 5. The minimum Gasteiger partial charge on any atom is -0.334 e. The van der Waals surface area contributed by atoms with Crippen molar-refractivity contribution in [3.63, 3.8) is 0 Å². The summed E-state index contributed by atoms with van der Waals surface area (Å²) in [7, 11) is -3.60. The lowest BCUT2D eigenvalue weighted by Crippen LogP contribution is -2.31. The zero-order valence-electron chi connectivity index (χ0n) is 13.8. The van der Waals surface area contributed by atoms with Gasteiger partial charge in [-0.05, 0) is 38.8 Å². The molecule has 1 aromatic carbocycles. The Morgan fingerprint density at radius 2 is 2.04 bits per heavy atom. The molecule has 1 unspecified atom stereocenters. The standard InChI is InChI=1S/C17H21N3O3S/c1-12-11-20-9-3-4-15(17(20)19-12)10-18-24(22,23)16-7-5-14(6-8-16)13(2)21/h5-8,11,15,18H,3-4,9-10H2,1-2H3. The first-order valence-corrected chi connectivity index (χ1v) is 9.49. The van der Waals surface area contributed by atoms with Crippen molar-refractivity contribution < 1.29 is 13.2 Å². The van der Waals surface area contributed by atoms with Gasteiger partial charge in [-0.1, -0.05) is 12.1 Å². The molecular weight excluding hydrogens is 326 g/mol. The number of sulfonamides is 1. The van der Waals surface area contributed by atoms with Crippen LogP contribution in [0, 0.1) is 6.92 Å². The van der Waals surface area contributed by atoms with Crippen molar-refractivity contribution in [1.29, 1.82) is 0 Å². The summed E-state index contributed by atoms with van der Waals surface area (Å²) >= 11 is 0. The Balaban J connectivity index is 1.73. The van der Waals surface area contributed by atoms with Gasteiger partial charge in [-0.15, -0.1) is 0 Å². The number of carbonyl (C=O) groups excluding carboxylic acids is 1. The Kier molecular flexibility index (Phi) is 4.56. The van der Waals surface area contributed by atoms with Gasteiger partial charge < -0.3 is 4.57 Å². The van der Waals surface area contributed by atoms with Crippen molar-refractivity contribution in [3.05, 3.63) is 47.5 Å². The number of hydrogen-bond donors (Lipinski definition) is 1. The van der Waals surface area contributed by atoms with Crippen LogP contribution in [0.3, 0.4) is 0 Å². The Hall–Kier alpha value is -1.99. The zero-order valence-corrected chi connectivity index (χ0v) is 14.6. The molecule has 0 saturated heterocycles. The largest absolute Gasteiger partial charge is 0.334 e. The molecule has 6 nitrogen and oxygen atoms in total. The highest BCUT2D eigenvalue weighted by Gasteiger charge is 2.24. The monoisotopic (exact) mass is 347 g/mol. The highest BCUT2D eigenvalue weighted by atomic mass is 32.2. The SMILES string of the molecule is CC(=O)c1ccc(S(=O)(=O)NCC2CCCn3cc(C)nc32)cc1. The molecule has 0 saturated carbocycles. The van der Waals surface area contributed by atoms with E-state index in [-0.39, 0.29) is 16.6 Å². The summed E-state index contributed by atoms with van der Waals surface area (Å²) in [5.41, 5.74) is 1.46. The first-order chi connectivity index (χ1) is 11.4. The van der Waals surface area contributed by atoms with E-state index < -0.39 is 10.0 Å². The second-order valence-corrected chi connectivity index (χ2v) is 7.97. The molecule has 1 atom stereocenters. The summed E-state index contributed by atoms with van der Waals surface area (Å²) in [5, 5.41) is 0. The predicted octanol–water partition coefficient (Wildman–Crippen LogP) is 2.25. The van der Waals surface area contributed by atoms with E-state index in [0.29, 0.717) is 12.1 Å². The molecule has 1 aliphatic heterocycles. The second-order valence-electron chi connectivity index (χ2n) is 6.21. The number of ketones is 1. The van der Waals surface area contributed by atoms with Gasteiger partial charge in [-0.25, -0.2) is 18.1 Å². The highest BCUT2D eigenvalue weighted by molar-refractivity contribution is 7.89. The van der Waals surface area contributed by atoms with Gasteiger partial charge in [-0.3, -0.25) is 4.79 Å². The Labute approximate surface area is 142 Å². The molecular formula is C17H21N3O3S. The fourth-order valence-electron chi connectivity index (χ4n) is 3.06. The third-order valence-corrected chi connectivity index (χ3v) is 5.77. The number of Topliss-reactive ketones (excluding diaryl/α,β-unsaturated/α-hetero) is 1. The van der Waals surface area contributed by atoms with Crippen molar-refractivity contribution in [1.82, 2.24) is 14.3 Å². The summed E-state index contributed by atoms with van der Waals surface area (Å²) in [4.78, 5) is 16.0. The minimum absolute atomic E-state index is 0.0821. The van der Waals surface area contributed by atoms with Gasteiger partial charge in [0, 0.05) is 30.8 Å². The van der Waals surface area contributed by atoms with E-state index in [4.69, 9.17) is 0 Å². The Bertz CT molecular complexity index is 854. The topological polar surface area (TPSA) is 81.1 Å². The molecule has 7 heteroatoms. The smallest absolute Gasteiger partial charge is 0.240 e. The molecule has 3 rings (SSSR count). The molecule has 0 fully saturated rings. The van der Waals surface area contributed by atoms with E-state index in [2.05, 4.69) is 14.3 Å². The van der Waals surface area contributed by atoms with Gasteiger partial charge in [0.1, 0.15) is 5.82 Å². The second kappa shape index (κ2) is 6.49. The lowest BCUT2D eigenvalue weighted by Gasteiger charge is -2.23. The molecule has 1 aromatic heterocycles. The van der Waals surface area contributed by atoms with E-state index in [9.17, 15) is 13.2 Å². The predicted molar refractivity (Wildman–Crippen MR) is 90.6 cm³/mol. The van der Waals surface area contributed by atoms with E-state index in [1.807, 2.05) is 13.1 Å². The lowest BCUT2D eigenvalue weighted by atomic mass is 9.99. The summed E-state index contributed by atoms with van der Waals surface area (Å²) in [6, 6.07) is 6.00. The van der Waals surface area contributed by atoms with Crippen molar-refractivity contribution in [2.75, 3.05) is 6.54 Å². The number of carbonyl (C=O) groups is 1. The van der Waals surface area contributed by atoms with Crippen LogP contribution >= 0.6 is 0 Å². The van der Waals surface area contributed by atoms with Crippen LogP contribution in [0.4, 0.5) is 0 Å². The van der Waals surface area contributed by atoms with Gasteiger partial charge >= 0.3 is 0 Å². The van der Waals surface area contributed by atoms with Crippen LogP contribution in [0.1, 0.15) is 47.6 Å². The third kappa shape index (κ3) is 3.42. The third-order valence-electron chi connectivity index (χ3n) is 4.34. The van der Waals surface area contributed by atoms with Crippen LogP contribution in [-0.4, -0.2) is 30.3 Å². The van der Waals surface area contributed by atoms with Crippen molar-refractivity contribution in [2.24, 2.45) is 0 Å². The summed E-state index contributed by atoms with van der Waals surface area (Å²) in [6.07, 6.45) is 3.95. The van der Waals surface area contributed by atoms with Crippen LogP contribution in [0.25, 0.3) is 0 Å². The fourth-order valence-corrected chi connectivity index (χ4v) is 4.14. The lowest BCUT2D eigenvalue weighted by molar-refractivity contribution is 0.101. The number of aryl methyl sites for hydroxylation is 2. The number of benzene rings is 1. The molecule has 1 aliphatic rings. The molecule has 0 bridgehead atoms. The Morgan fingerprint density at radius 3 is 2.71 bits per heavy atom. The minimum atomic E-state index is -3.60. The molecule has 1 N–H and O–H groups in total. The van der Waals surface area contributed by atoms with E-state index >= 15 is 0 Å². The average Bonchev–Trinajstić information content (AvgIpc) is 2.93. The Morgan fingerprint density at radius 1 is 1.33 bits per heavy atom. The van der Waals surface area contributed by atoms with Crippen molar-refractivity contribution in [2.45, 2.75) is 44.0 Å². The molecule has 0 radical (unpaired) electrons. The summed E-state index contributed by atoms with van der Waals surface area (Å²) in [5.74, 6) is 0.948. The number of imidazole rings is 1. The van der Waals surface area contributed by atoms with Crippen LogP contribution in [0.2, 0.25) is 0 Å². The zero-order chi connectivity index (χ0) is 17.3. The maximum Gasteiger partial charge on any atom is 0.240 e. The normalized spacial score (nSPS) is 17.5. The van der Waals surface area contributed by atoms with Crippen LogP contribution in [0.15, 0.2) is 35.4 Å². The van der Waals surface area contributed by atoms with Gasteiger partial charge in [0.15, 0.2) is 5.78 Å². The first kappa shape index (κ1) is 16.9. The average molecular weight is 347 g/mol. The number of nitrogens with zero attached hydrogens (tertiary/aromatic N) is 2. The quantitative estimate of drug-likeness (QED) is 0.841. The maximum atomic E-state index is 12.4. The van der Waals surface area contributed by atoms with Crippen molar-refractivity contribution in [3.8, 4) is 0 Å². The van der Waals surface area contributed by atoms with Gasteiger partial charge in [0.25, 0.3) is 0 Å². The van der Waals surface area contributed by atoms with Gasteiger partial charge in [-0.2, -0.15) is 0 Å². The van der Waals surface area contributed by atoms with Gasteiger partial charge in [0.05, 0.1) is 10.6 Å². The number of nitrogens with one attached hydrogen (secondary N) is 1. The van der Waals surface area contributed by atoms with Crippen LogP contribution in [0.5, 0.6) is 0 Å². The van der Waals surface area contributed by atoms with E-state index in [0.717, 1.165) is 30.9 Å². The molecule has 2 aromatic rings. The summed E-state index contributed by atoms with van der Waals surface area (Å²) in [6.45, 7) is 4.66. The van der Waals surface area contributed by atoms with E-state index in [1.165, 1.54) is 31.2 Å². The molecule has 128 valence electrons.